The summed E-state index contributed by atoms with van der Waals surface area (Å²) in [7, 11) is 0. The Morgan fingerprint density at radius 3 is 2.72 bits per heavy atom. The number of piperidine rings is 1. The number of hydrogen-bond donors (Lipinski definition) is 1. The SMILES string of the molecule is CCCN(CC1CCC(C)(C)O1)C1CCCNC1. The molecule has 0 aromatic rings. The van der Waals surface area contributed by atoms with Crippen molar-refractivity contribution in [2.45, 2.75) is 70.6 Å². The molecule has 18 heavy (non-hydrogen) atoms. The number of nitrogens with zero attached hydrogens (tertiary/aromatic N) is 1. The fourth-order valence-corrected chi connectivity index (χ4v) is 3.32. The van der Waals surface area contributed by atoms with Gasteiger partial charge in [-0.1, -0.05) is 6.92 Å². The molecule has 0 aromatic heterocycles. The number of rotatable bonds is 5. The summed E-state index contributed by atoms with van der Waals surface area (Å²) in [5.41, 5.74) is 0.105. The molecule has 0 spiro atoms. The van der Waals surface area contributed by atoms with Crippen LogP contribution in [0.25, 0.3) is 0 Å². The zero-order valence-electron chi connectivity index (χ0n) is 12.4. The van der Waals surface area contributed by atoms with Gasteiger partial charge in [-0.25, -0.2) is 0 Å². The predicted molar refractivity (Wildman–Crippen MR) is 75.9 cm³/mol. The van der Waals surface area contributed by atoms with Gasteiger partial charge in [-0.15, -0.1) is 0 Å². The van der Waals surface area contributed by atoms with E-state index >= 15 is 0 Å². The van der Waals surface area contributed by atoms with Crippen molar-refractivity contribution in [3.63, 3.8) is 0 Å². The van der Waals surface area contributed by atoms with Crippen molar-refractivity contribution < 1.29 is 4.74 Å². The molecule has 0 bridgehead atoms. The molecule has 106 valence electrons. The van der Waals surface area contributed by atoms with E-state index in [1.807, 2.05) is 0 Å². The first kappa shape index (κ1) is 14.3. The molecule has 2 rings (SSSR count). The van der Waals surface area contributed by atoms with Crippen LogP contribution in [0.5, 0.6) is 0 Å². The van der Waals surface area contributed by atoms with E-state index in [1.54, 1.807) is 0 Å². The minimum atomic E-state index is 0.105. The molecule has 2 atom stereocenters. The van der Waals surface area contributed by atoms with Gasteiger partial charge in [0.25, 0.3) is 0 Å². The van der Waals surface area contributed by atoms with Gasteiger partial charge in [0.05, 0.1) is 11.7 Å². The highest BCUT2D eigenvalue weighted by Gasteiger charge is 2.33. The lowest BCUT2D eigenvalue weighted by Crippen LogP contribution is -2.49. The van der Waals surface area contributed by atoms with Crippen LogP contribution in [0.3, 0.4) is 0 Å². The monoisotopic (exact) mass is 254 g/mol. The Labute approximate surface area is 112 Å². The number of ether oxygens (including phenoxy) is 1. The summed E-state index contributed by atoms with van der Waals surface area (Å²) in [5, 5.41) is 3.53. The standard InChI is InChI=1S/C15H30N2O/c1-4-10-17(13-6-5-9-16-11-13)12-14-7-8-15(2,3)18-14/h13-14,16H,4-12H2,1-3H3. The lowest BCUT2D eigenvalue weighted by Gasteiger charge is -2.36. The van der Waals surface area contributed by atoms with Gasteiger partial charge in [0.1, 0.15) is 0 Å². The molecule has 0 aliphatic carbocycles. The molecule has 0 saturated carbocycles. The smallest absolute Gasteiger partial charge is 0.0710 e. The minimum absolute atomic E-state index is 0.105. The molecule has 0 radical (unpaired) electrons. The zero-order valence-corrected chi connectivity index (χ0v) is 12.4. The quantitative estimate of drug-likeness (QED) is 0.815. The van der Waals surface area contributed by atoms with Crippen LogP contribution >= 0.6 is 0 Å². The van der Waals surface area contributed by atoms with Crippen molar-refractivity contribution in [1.82, 2.24) is 10.2 Å². The summed E-state index contributed by atoms with van der Waals surface area (Å²) in [6.45, 7) is 11.4. The maximum absolute atomic E-state index is 6.15. The molecule has 2 fully saturated rings. The summed E-state index contributed by atoms with van der Waals surface area (Å²) in [4.78, 5) is 2.66. The van der Waals surface area contributed by atoms with Crippen LogP contribution in [0.15, 0.2) is 0 Å². The summed E-state index contributed by atoms with van der Waals surface area (Å²) >= 11 is 0. The van der Waals surface area contributed by atoms with Crippen LogP contribution in [0, 0.1) is 0 Å². The predicted octanol–water partition coefficient (Wildman–Crippen LogP) is 2.41. The molecule has 0 amide bonds. The van der Waals surface area contributed by atoms with E-state index in [0.29, 0.717) is 6.10 Å². The van der Waals surface area contributed by atoms with Gasteiger partial charge in [-0.05, 0) is 59.0 Å². The molecule has 1 N–H and O–H groups in total. The second-order valence-corrected chi connectivity index (χ2v) is 6.53. The Morgan fingerprint density at radius 2 is 2.17 bits per heavy atom. The maximum Gasteiger partial charge on any atom is 0.0710 e. The van der Waals surface area contributed by atoms with Crippen LogP contribution < -0.4 is 5.32 Å². The zero-order chi connectivity index (χ0) is 13.0. The van der Waals surface area contributed by atoms with Crippen LogP contribution in [0.1, 0.15) is 52.9 Å². The van der Waals surface area contributed by atoms with E-state index in [2.05, 4.69) is 31.0 Å². The lowest BCUT2D eigenvalue weighted by molar-refractivity contribution is -0.0349. The largest absolute Gasteiger partial charge is 0.371 e. The first-order valence-electron chi connectivity index (χ1n) is 7.73. The third-order valence-electron chi connectivity index (χ3n) is 4.29. The number of nitrogens with one attached hydrogen (secondary N) is 1. The van der Waals surface area contributed by atoms with Crippen molar-refractivity contribution >= 4 is 0 Å². The van der Waals surface area contributed by atoms with E-state index in [0.717, 1.165) is 19.1 Å². The number of hydrogen-bond acceptors (Lipinski definition) is 3. The highest BCUT2D eigenvalue weighted by atomic mass is 16.5. The Kier molecular flexibility index (Phi) is 5.05. The third-order valence-corrected chi connectivity index (χ3v) is 4.29. The average molecular weight is 254 g/mol. The molecule has 2 saturated heterocycles. The van der Waals surface area contributed by atoms with Gasteiger partial charge >= 0.3 is 0 Å². The van der Waals surface area contributed by atoms with E-state index in [9.17, 15) is 0 Å². The minimum Gasteiger partial charge on any atom is -0.371 e. The second-order valence-electron chi connectivity index (χ2n) is 6.53. The van der Waals surface area contributed by atoms with Crippen LogP contribution in [-0.4, -0.2) is 48.8 Å². The Balaban J connectivity index is 1.85. The van der Waals surface area contributed by atoms with Crippen molar-refractivity contribution in [2.24, 2.45) is 0 Å². The molecule has 3 heteroatoms. The van der Waals surface area contributed by atoms with Crippen LogP contribution in [-0.2, 0) is 4.74 Å². The molecular weight excluding hydrogens is 224 g/mol. The molecule has 2 unspecified atom stereocenters. The van der Waals surface area contributed by atoms with Gasteiger partial charge < -0.3 is 10.1 Å². The summed E-state index contributed by atoms with van der Waals surface area (Å²) in [6, 6.07) is 0.728. The van der Waals surface area contributed by atoms with Crippen molar-refractivity contribution in [3.8, 4) is 0 Å². The summed E-state index contributed by atoms with van der Waals surface area (Å²) < 4.78 is 6.15. The average Bonchev–Trinajstić information content (AvgIpc) is 2.69. The molecule has 0 aromatic carbocycles. The highest BCUT2D eigenvalue weighted by Crippen LogP contribution is 2.30. The Hall–Kier alpha value is -0.120. The van der Waals surface area contributed by atoms with Gasteiger partial charge in [-0.2, -0.15) is 0 Å². The van der Waals surface area contributed by atoms with E-state index in [1.165, 1.54) is 45.2 Å². The first-order valence-corrected chi connectivity index (χ1v) is 7.73. The Bertz CT molecular complexity index is 249. The maximum atomic E-state index is 6.15. The van der Waals surface area contributed by atoms with E-state index < -0.39 is 0 Å². The first-order chi connectivity index (χ1) is 8.61. The third kappa shape index (κ3) is 3.94. The molecule has 2 heterocycles. The normalized spacial score (nSPS) is 32.0. The summed E-state index contributed by atoms with van der Waals surface area (Å²) in [5.74, 6) is 0. The molecule has 2 aliphatic rings. The van der Waals surface area contributed by atoms with Gasteiger partial charge in [-0.3, -0.25) is 4.90 Å². The highest BCUT2D eigenvalue weighted by molar-refractivity contribution is 4.86. The molecule has 3 nitrogen and oxygen atoms in total. The molecular formula is C15H30N2O. The van der Waals surface area contributed by atoms with Gasteiger partial charge in [0.2, 0.25) is 0 Å². The summed E-state index contributed by atoms with van der Waals surface area (Å²) in [6.07, 6.45) is 6.81. The Morgan fingerprint density at radius 1 is 1.33 bits per heavy atom. The topological polar surface area (TPSA) is 24.5 Å². The van der Waals surface area contributed by atoms with Gasteiger partial charge in [0, 0.05) is 19.1 Å². The van der Waals surface area contributed by atoms with Gasteiger partial charge in [0.15, 0.2) is 0 Å². The van der Waals surface area contributed by atoms with Crippen LogP contribution in [0.4, 0.5) is 0 Å². The van der Waals surface area contributed by atoms with Crippen molar-refractivity contribution in [1.29, 1.82) is 0 Å². The van der Waals surface area contributed by atoms with Crippen molar-refractivity contribution in [2.75, 3.05) is 26.2 Å². The van der Waals surface area contributed by atoms with E-state index in [-0.39, 0.29) is 5.60 Å². The van der Waals surface area contributed by atoms with Crippen molar-refractivity contribution in [3.05, 3.63) is 0 Å². The van der Waals surface area contributed by atoms with E-state index in [4.69, 9.17) is 4.74 Å². The fourth-order valence-electron chi connectivity index (χ4n) is 3.32. The fraction of sp³-hybridized carbons (Fsp3) is 1.00. The second kappa shape index (κ2) is 6.36. The molecule has 2 aliphatic heterocycles. The van der Waals surface area contributed by atoms with Crippen LogP contribution in [0.2, 0.25) is 0 Å². The lowest BCUT2D eigenvalue weighted by atomic mass is 10.0.